The van der Waals surface area contributed by atoms with Gasteiger partial charge < -0.3 is 21.3 Å². The van der Waals surface area contributed by atoms with Gasteiger partial charge in [-0.25, -0.2) is 4.79 Å². The van der Waals surface area contributed by atoms with Crippen molar-refractivity contribution < 1.29 is 34.2 Å². The lowest BCUT2D eigenvalue weighted by Crippen LogP contribution is -2.82. The van der Waals surface area contributed by atoms with Crippen molar-refractivity contribution in [2.45, 2.75) is 81.8 Å². The molecule has 2 saturated heterocycles. The number of ketones is 1. The van der Waals surface area contributed by atoms with E-state index in [2.05, 4.69) is 5.48 Å². The van der Waals surface area contributed by atoms with E-state index in [4.69, 9.17) is 21.4 Å². The van der Waals surface area contributed by atoms with Gasteiger partial charge in [0.2, 0.25) is 17.1 Å². The molecule has 0 bridgehead atoms. The lowest BCUT2D eigenvalue weighted by Gasteiger charge is -2.58. The van der Waals surface area contributed by atoms with Crippen molar-refractivity contribution in [3.63, 3.8) is 0 Å². The number of anilines is 1. The summed E-state index contributed by atoms with van der Waals surface area (Å²) in [7, 11) is 0. The van der Waals surface area contributed by atoms with Crippen LogP contribution in [0.3, 0.4) is 0 Å². The third kappa shape index (κ3) is 5.90. The van der Waals surface area contributed by atoms with Gasteiger partial charge in [0.1, 0.15) is 0 Å². The first kappa shape index (κ1) is 31.9. The second kappa shape index (κ2) is 13.5. The van der Waals surface area contributed by atoms with Crippen LogP contribution in [0.2, 0.25) is 0 Å². The monoisotopic (exact) mass is 587 g/mol. The number of aliphatic carboxylic acids is 1. The predicted octanol–water partition coefficient (Wildman–Crippen LogP) is 2.06. The second-order valence-corrected chi connectivity index (χ2v) is 12.1. The number of benzene rings is 1. The molecule has 2 heterocycles. The van der Waals surface area contributed by atoms with E-state index in [0.29, 0.717) is 18.7 Å². The first-order valence-corrected chi connectivity index (χ1v) is 15.1. The zero-order valence-electron chi connectivity index (χ0n) is 24.4. The fourth-order valence-corrected chi connectivity index (χ4v) is 7.21. The summed E-state index contributed by atoms with van der Waals surface area (Å²) in [5.74, 6) is -4.65. The molecule has 0 radical (unpaired) electrons. The Labute approximate surface area is 246 Å². The zero-order valence-corrected chi connectivity index (χ0v) is 24.4. The number of amides is 2. The highest BCUT2D eigenvalue weighted by Gasteiger charge is 2.67. The summed E-state index contributed by atoms with van der Waals surface area (Å²) < 4.78 is 5.77. The van der Waals surface area contributed by atoms with Crippen molar-refractivity contribution in [2.24, 2.45) is 23.3 Å². The van der Waals surface area contributed by atoms with Gasteiger partial charge in [-0.15, -0.1) is 0 Å². The minimum absolute atomic E-state index is 0.0649. The maximum Gasteiger partial charge on any atom is 0.337 e. The molecule has 42 heavy (non-hydrogen) atoms. The summed E-state index contributed by atoms with van der Waals surface area (Å²) in [4.78, 5) is 58.7. The fourth-order valence-electron chi connectivity index (χ4n) is 7.21. The van der Waals surface area contributed by atoms with Crippen LogP contribution in [-0.2, 0) is 23.9 Å². The summed E-state index contributed by atoms with van der Waals surface area (Å²) in [5, 5.41) is 20.0. The molecule has 4 rings (SSSR count). The quantitative estimate of drug-likeness (QED) is 0.179. The first-order valence-electron chi connectivity index (χ1n) is 15.1. The minimum Gasteiger partial charge on any atom is -0.479 e. The number of carbonyl (C=O) groups excluding carboxylic acids is 3. The van der Waals surface area contributed by atoms with Crippen LogP contribution in [-0.4, -0.2) is 87.7 Å². The minimum atomic E-state index is -2.25. The van der Waals surface area contributed by atoms with Crippen LogP contribution in [0.5, 0.6) is 0 Å². The number of morpholine rings is 1. The molecule has 2 unspecified atom stereocenters. The molecular formula is C30H45N5O7. The number of carbonyl (C=O) groups is 4. The summed E-state index contributed by atoms with van der Waals surface area (Å²) in [6.45, 7) is 2.68. The Morgan fingerprint density at radius 1 is 1.17 bits per heavy atom. The Morgan fingerprint density at radius 3 is 2.45 bits per heavy atom. The van der Waals surface area contributed by atoms with Gasteiger partial charge >= 0.3 is 5.97 Å². The second-order valence-electron chi connectivity index (χ2n) is 12.1. The number of rotatable bonds is 12. The molecule has 7 N–H and O–H groups in total. The third-order valence-corrected chi connectivity index (χ3v) is 9.48. The van der Waals surface area contributed by atoms with Crippen LogP contribution < -0.4 is 16.9 Å². The van der Waals surface area contributed by atoms with E-state index in [1.165, 1.54) is 0 Å². The first-order chi connectivity index (χ1) is 20.1. The maximum absolute atomic E-state index is 14.7. The molecule has 12 nitrogen and oxygen atoms in total. The average molecular weight is 588 g/mol. The number of carboxylic acid groups (broad SMARTS) is 1. The molecular weight excluding hydrogens is 542 g/mol. The third-order valence-electron chi connectivity index (χ3n) is 9.48. The standard InChI is InChI=1S/C30H45N5O7/c1-20(22-8-10-24(33-41)11-9-22)16-23-17-25(36)29(28(39)40,18-21-6-3-2-4-7-21)35(26(23)37)30(27(32)38)19-42-15-14-34(30)13-5-12-31/h8-11,20-21,23,33,41H,2-7,12-19,31H2,1H3,(H2,32,38)(H,39,40)/t20?,23-,29-,30?/m1/s1. The molecule has 1 aliphatic carbocycles. The van der Waals surface area contributed by atoms with Crippen LogP contribution in [0, 0.1) is 11.8 Å². The number of hydrogen-bond acceptors (Lipinski definition) is 9. The Bertz CT molecular complexity index is 1140. The van der Waals surface area contributed by atoms with E-state index >= 15 is 0 Å². The average Bonchev–Trinajstić information content (AvgIpc) is 2.99. The van der Waals surface area contributed by atoms with Crippen molar-refractivity contribution in [3.8, 4) is 0 Å². The van der Waals surface area contributed by atoms with Crippen LogP contribution >= 0.6 is 0 Å². The van der Waals surface area contributed by atoms with Crippen molar-refractivity contribution in [1.29, 1.82) is 0 Å². The molecule has 1 saturated carbocycles. The van der Waals surface area contributed by atoms with Crippen LogP contribution in [0.15, 0.2) is 24.3 Å². The smallest absolute Gasteiger partial charge is 0.337 e. The Hall–Kier alpha value is -3.06. The predicted molar refractivity (Wildman–Crippen MR) is 154 cm³/mol. The van der Waals surface area contributed by atoms with Gasteiger partial charge in [-0.3, -0.25) is 34.9 Å². The number of nitrogens with one attached hydrogen (secondary N) is 1. The van der Waals surface area contributed by atoms with Gasteiger partial charge in [0.15, 0.2) is 5.78 Å². The Balaban J connectivity index is 1.81. The van der Waals surface area contributed by atoms with Gasteiger partial charge in [0.25, 0.3) is 5.91 Å². The number of carboxylic acids is 1. The van der Waals surface area contributed by atoms with Crippen molar-refractivity contribution >= 4 is 29.3 Å². The normalized spacial score (nSPS) is 28.5. The molecule has 2 amide bonds. The maximum atomic E-state index is 14.7. The molecule has 3 fully saturated rings. The largest absolute Gasteiger partial charge is 0.479 e. The molecule has 4 atom stereocenters. The van der Waals surface area contributed by atoms with Crippen LogP contribution in [0.4, 0.5) is 5.69 Å². The summed E-state index contributed by atoms with van der Waals surface area (Å²) in [6.07, 6.45) is 4.80. The highest BCUT2D eigenvalue weighted by Crippen LogP contribution is 2.46. The molecule has 0 spiro atoms. The van der Waals surface area contributed by atoms with Gasteiger partial charge in [0, 0.05) is 25.4 Å². The molecule has 3 aliphatic rings. The number of likely N-dealkylation sites (tertiary alicyclic amines) is 1. The van der Waals surface area contributed by atoms with E-state index < -0.39 is 40.7 Å². The molecule has 0 aromatic heterocycles. The topological polar surface area (TPSA) is 189 Å². The fraction of sp³-hybridized carbons (Fsp3) is 0.667. The molecule has 1 aromatic carbocycles. The van der Waals surface area contributed by atoms with E-state index in [1.54, 1.807) is 17.0 Å². The van der Waals surface area contributed by atoms with Crippen LogP contribution in [0.1, 0.15) is 76.2 Å². The van der Waals surface area contributed by atoms with Gasteiger partial charge in [-0.2, -0.15) is 0 Å². The van der Waals surface area contributed by atoms with Crippen LogP contribution in [0.25, 0.3) is 0 Å². The number of nitrogens with two attached hydrogens (primary N) is 2. The lowest BCUT2D eigenvalue weighted by molar-refractivity contribution is -0.213. The number of ether oxygens (including phenoxy) is 1. The summed E-state index contributed by atoms with van der Waals surface area (Å²) >= 11 is 0. The van der Waals surface area contributed by atoms with Crippen molar-refractivity contribution in [3.05, 3.63) is 29.8 Å². The summed E-state index contributed by atoms with van der Waals surface area (Å²) in [6, 6.07) is 7.02. The lowest BCUT2D eigenvalue weighted by atomic mass is 9.69. The highest BCUT2D eigenvalue weighted by atomic mass is 16.5. The van der Waals surface area contributed by atoms with E-state index in [9.17, 15) is 24.3 Å². The van der Waals surface area contributed by atoms with Gasteiger partial charge in [-0.1, -0.05) is 51.2 Å². The van der Waals surface area contributed by atoms with Gasteiger partial charge in [0.05, 0.1) is 18.9 Å². The molecule has 2 aliphatic heterocycles. The molecule has 12 heteroatoms. The Morgan fingerprint density at radius 2 is 1.86 bits per heavy atom. The van der Waals surface area contributed by atoms with E-state index in [1.807, 2.05) is 19.1 Å². The van der Waals surface area contributed by atoms with Crippen molar-refractivity contribution in [2.75, 3.05) is 38.3 Å². The number of primary amides is 1. The Kier molecular flexibility index (Phi) is 10.2. The summed E-state index contributed by atoms with van der Waals surface area (Å²) in [5.41, 5.74) is 11.2. The SMILES string of the molecule is CC(C[C@@H]1CC(=O)[C@](CC2CCCCC2)(C(=O)O)N(C2(C(N)=O)COCCN2CCCN)C1=O)c1ccc(NO)cc1. The molecule has 1 aromatic rings. The number of Topliss-reactive ketones (excluding diaryl/α,β-unsaturated/α-hetero) is 1. The van der Waals surface area contributed by atoms with Gasteiger partial charge in [-0.05, 0) is 55.3 Å². The zero-order chi connectivity index (χ0) is 30.5. The molecule has 232 valence electrons. The number of piperidine rings is 1. The van der Waals surface area contributed by atoms with E-state index in [0.717, 1.165) is 42.6 Å². The highest BCUT2D eigenvalue weighted by molar-refractivity contribution is 6.15. The van der Waals surface area contributed by atoms with Crippen molar-refractivity contribution in [1.82, 2.24) is 9.80 Å². The number of nitrogens with zero attached hydrogens (tertiary/aromatic N) is 2. The van der Waals surface area contributed by atoms with E-state index in [-0.39, 0.29) is 57.4 Å². The number of hydrogen-bond donors (Lipinski definition) is 5.